The molecule has 1 aliphatic rings. The molecule has 3 aromatic rings. The van der Waals surface area contributed by atoms with E-state index >= 15 is 0 Å². The number of nitrogens with zero attached hydrogens (tertiary/aromatic N) is 3. The minimum absolute atomic E-state index is 0.0484. The van der Waals surface area contributed by atoms with Crippen LogP contribution in [0.15, 0.2) is 60.8 Å². The highest BCUT2D eigenvalue weighted by Gasteiger charge is 2.35. The first-order chi connectivity index (χ1) is 30.2. The number of rotatable bonds is 17. The highest BCUT2D eigenvalue weighted by atomic mass is 31.2. The fourth-order valence-corrected chi connectivity index (χ4v) is 7.27. The van der Waals surface area contributed by atoms with Crippen molar-refractivity contribution in [3.63, 3.8) is 0 Å². The molecule has 348 valence electrons. The van der Waals surface area contributed by atoms with Crippen molar-refractivity contribution in [3.8, 4) is 5.75 Å². The SMILES string of the molecule is CC(=O)N[C@@H](Cc1ccc(OP(=O)(O)O)cc1)C(=O)N[C@@H](CC(C)C)C(=O)N[C@H]1CCCCn2cc(nn2)C[C@@H](C(=O)N[C@@H](Cc2ccccc2)C(N)=O)NC(=O)[C@H]([C@@H](C)O)NC1=O. The monoisotopic (exact) mass is 912 g/mol. The summed E-state index contributed by atoms with van der Waals surface area (Å²) in [4.78, 5) is 112. The van der Waals surface area contributed by atoms with Crippen molar-refractivity contribution in [3.05, 3.63) is 77.6 Å². The summed E-state index contributed by atoms with van der Waals surface area (Å²) in [6, 6.07) is 6.39. The van der Waals surface area contributed by atoms with Gasteiger partial charge in [-0.25, -0.2) is 4.57 Å². The molecule has 0 spiro atoms. The second kappa shape index (κ2) is 23.5. The summed E-state index contributed by atoms with van der Waals surface area (Å²) < 4.78 is 17.3. The lowest BCUT2D eigenvalue weighted by atomic mass is 10.00. The van der Waals surface area contributed by atoms with E-state index in [9.17, 15) is 43.2 Å². The zero-order valence-corrected chi connectivity index (χ0v) is 36.8. The van der Waals surface area contributed by atoms with E-state index in [0.717, 1.165) is 0 Å². The predicted molar refractivity (Wildman–Crippen MR) is 228 cm³/mol. The van der Waals surface area contributed by atoms with Crippen LogP contribution in [0.5, 0.6) is 5.75 Å². The number of aliphatic hydroxyl groups excluding tert-OH is 1. The fourth-order valence-electron chi connectivity index (χ4n) is 6.88. The van der Waals surface area contributed by atoms with Gasteiger partial charge in [0.1, 0.15) is 42.0 Å². The van der Waals surface area contributed by atoms with Crippen LogP contribution in [0.25, 0.3) is 0 Å². The van der Waals surface area contributed by atoms with Crippen LogP contribution < -0.4 is 42.2 Å². The Morgan fingerprint density at radius 3 is 2.14 bits per heavy atom. The van der Waals surface area contributed by atoms with Crippen LogP contribution in [0.4, 0.5) is 0 Å². The molecule has 0 saturated heterocycles. The topological polar surface area (TPSA) is 335 Å². The Balaban J connectivity index is 1.54. The Morgan fingerprint density at radius 1 is 0.875 bits per heavy atom. The lowest BCUT2D eigenvalue weighted by molar-refractivity contribution is -0.137. The Kier molecular flexibility index (Phi) is 18.5. The van der Waals surface area contributed by atoms with Crippen LogP contribution >= 0.6 is 7.82 Å². The molecule has 1 aliphatic heterocycles. The molecule has 0 radical (unpaired) electrons. The van der Waals surface area contributed by atoms with Crippen LogP contribution in [0.3, 0.4) is 0 Å². The summed E-state index contributed by atoms with van der Waals surface area (Å²) in [6.07, 6.45) is 0.820. The van der Waals surface area contributed by atoms with Crippen LogP contribution in [0.2, 0.25) is 0 Å². The molecule has 7 atom stereocenters. The van der Waals surface area contributed by atoms with E-state index in [1.54, 1.807) is 36.5 Å². The fraction of sp³-hybridized carbons (Fsp3) is 0.488. The molecule has 0 saturated carbocycles. The van der Waals surface area contributed by atoms with E-state index in [1.807, 2.05) is 13.8 Å². The van der Waals surface area contributed by atoms with Crippen molar-refractivity contribution in [1.29, 1.82) is 0 Å². The van der Waals surface area contributed by atoms with Crippen LogP contribution in [-0.2, 0) is 63.9 Å². The number of phosphoric ester groups is 1. The lowest BCUT2D eigenvalue weighted by Crippen LogP contribution is -2.62. The van der Waals surface area contributed by atoms with E-state index in [2.05, 4.69) is 46.7 Å². The molecule has 7 amide bonds. The molecule has 23 heteroatoms. The van der Waals surface area contributed by atoms with Gasteiger partial charge in [-0.1, -0.05) is 61.5 Å². The second-order valence-corrected chi connectivity index (χ2v) is 17.2. The Morgan fingerprint density at radius 2 is 1.53 bits per heavy atom. The average molecular weight is 913 g/mol. The van der Waals surface area contributed by atoms with Gasteiger partial charge in [-0.2, -0.15) is 0 Å². The lowest BCUT2D eigenvalue weighted by Gasteiger charge is -2.28. The van der Waals surface area contributed by atoms with Crippen LogP contribution in [0.1, 0.15) is 70.2 Å². The van der Waals surface area contributed by atoms with Crippen molar-refractivity contribution in [2.24, 2.45) is 11.7 Å². The van der Waals surface area contributed by atoms with Gasteiger partial charge in [0.05, 0.1) is 11.8 Å². The molecule has 0 aliphatic carbocycles. The van der Waals surface area contributed by atoms with E-state index in [-0.39, 0.29) is 43.8 Å². The molecule has 1 aromatic heterocycles. The molecule has 2 bridgehead atoms. The number of aryl methyl sites for hydroxylation is 1. The Labute approximate surface area is 369 Å². The number of carbonyl (C=O) groups is 7. The molecule has 0 unspecified atom stereocenters. The van der Waals surface area contributed by atoms with Crippen molar-refractivity contribution >= 4 is 49.2 Å². The minimum Gasteiger partial charge on any atom is -0.404 e. The first kappa shape index (κ1) is 50.4. The summed E-state index contributed by atoms with van der Waals surface area (Å²) in [6.45, 7) is 6.39. The van der Waals surface area contributed by atoms with Crippen molar-refractivity contribution in [1.82, 2.24) is 46.9 Å². The minimum atomic E-state index is -4.82. The summed E-state index contributed by atoms with van der Waals surface area (Å²) in [5.74, 6) is -5.76. The zero-order valence-electron chi connectivity index (χ0n) is 35.9. The van der Waals surface area contributed by atoms with Gasteiger partial charge < -0.3 is 47.3 Å². The first-order valence-electron chi connectivity index (χ1n) is 20.7. The number of amides is 7. The van der Waals surface area contributed by atoms with Gasteiger partial charge in [0.2, 0.25) is 41.4 Å². The summed E-state index contributed by atoms with van der Waals surface area (Å²) in [5.41, 5.74) is 7.16. The number of phosphoric acid groups is 1. The number of hydrogen-bond acceptors (Lipinski definition) is 12. The third kappa shape index (κ3) is 16.5. The molecule has 2 aromatic carbocycles. The number of fused-ring (bicyclic) bond motifs is 2. The van der Waals surface area contributed by atoms with E-state index in [4.69, 9.17) is 15.5 Å². The molecule has 4 rings (SSSR count). The quantitative estimate of drug-likeness (QED) is 0.0712. The Bertz CT molecular complexity index is 2150. The summed E-state index contributed by atoms with van der Waals surface area (Å²) in [7, 11) is -4.82. The zero-order chi connectivity index (χ0) is 47.1. The van der Waals surface area contributed by atoms with Gasteiger partial charge in [-0.05, 0) is 61.8 Å². The van der Waals surface area contributed by atoms with E-state index in [1.165, 1.54) is 42.8 Å². The number of hydrogen-bond donors (Lipinski definition) is 10. The summed E-state index contributed by atoms with van der Waals surface area (Å²) >= 11 is 0. The molecular weight excluding hydrogens is 855 g/mol. The first-order valence-corrected chi connectivity index (χ1v) is 22.2. The number of carbonyl (C=O) groups excluding carboxylic acids is 7. The van der Waals surface area contributed by atoms with Crippen molar-refractivity contribution in [2.75, 3.05) is 0 Å². The van der Waals surface area contributed by atoms with Crippen LogP contribution in [-0.4, -0.2) is 114 Å². The standard InChI is InChI=1S/C41H57N10O12P/c1-23(2)18-32(46-39(57)33(43-25(4)53)20-27-13-15-29(16-14-27)63-64(60,61)62)38(56)44-30-12-8-9-17-51-22-28(49-50-51)21-34(47-41(59)35(24(3)52)48-37(30)55)40(58)45-31(36(42)54)19-26-10-6-5-7-11-26/h5-7,10-11,13-16,22-24,30-35,52H,8-9,12,17-21H2,1-4H3,(H2,42,54)(H,43,53)(H,44,56)(H,45,58)(H,46,57)(H,47,59)(H,48,55)(H2,60,61,62)/t24-,30+,31+,32+,33+,34+,35+/m1/s1. The third-order valence-corrected chi connectivity index (χ3v) is 10.5. The van der Waals surface area contributed by atoms with Crippen molar-refractivity contribution < 1.29 is 57.5 Å². The maximum Gasteiger partial charge on any atom is 0.524 e. The second-order valence-electron chi connectivity index (χ2n) is 16.0. The molecular formula is C41H57N10O12P. The van der Waals surface area contributed by atoms with E-state index in [0.29, 0.717) is 36.2 Å². The van der Waals surface area contributed by atoms with Gasteiger partial charge in [-0.3, -0.25) is 48.0 Å². The molecule has 22 nitrogen and oxygen atoms in total. The Hall–Kier alpha value is -6.22. The van der Waals surface area contributed by atoms with Crippen molar-refractivity contribution in [2.45, 2.75) is 122 Å². The maximum atomic E-state index is 14.0. The highest BCUT2D eigenvalue weighted by molar-refractivity contribution is 7.46. The number of aromatic nitrogens is 3. The smallest absolute Gasteiger partial charge is 0.404 e. The molecule has 11 N–H and O–H groups in total. The predicted octanol–water partition coefficient (Wildman–Crippen LogP) is -1.20. The summed E-state index contributed by atoms with van der Waals surface area (Å²) in [5, 5.41) is 34.6. The van der Waals surface area contributed by atoms with Gasteiger partial charge in [0.25, 0.3) is 0 Å². The number of primary amides is 1. The molecule has 0 fully saturated rings. The largest absolute Gasteiger partial charge is 0.524 e. The highest BCUT2D eigenvalue weighted by Crippen LogP contribution is 2.37. The van der Waals surface area contributed by atoms with Gasteiger partial charge in [0, 0.05) is 38.9 Å². The maximum absolute atomic E-state index is 14.0. The van der Waals surface area contributed by atoms with Gasteiger partial charge in [-0.15, -0.1) is 5.10 Å². The van der Waals surface area contributed by atoms with Gasteiger partial charge in [0.15, 0.2) is 0 Å². The third-order valence-electron chi connectivity index (χ3n) is 10.0. The molecule has 64 heavy (non-hydrogen) atoms. The number of nitrogens with two attached hydrogens (primary N) is 1. The number of aliphatic hydroxyl groups is 1. The van der Waals surface area contributed by atoms with Crippen LogP contribution in [0, 0.1) is 5.92 Å². The normalized spacial score (nSPS) is 19.2. The number of benzene rings is 2. The molecule has 2 heterocycles. The van der Waals surface area contributed by atoms with Gasteiger partial charge >= 0.3 is 7.82 Å². The average Bonchev–Trinajstić information content (AvgIpc) is 3.66. The number of nitrogens with one attached hydrogen (secondary N) is 6. The van der Waals surface area contributed by atoms with E-state index < -0.39 is 91.5 Å².